The van der Waals surface area contributed by atoms with Crippen LogP contribution < -0.4 is 14.9 Å². The molecule has 1 amide bonds. The summed E-state index contributed by atoms with van der Waals surface area (Å²) < 4.78 is 40.6. The van der Waals surface area contributed by atoms with Gasteiger partial charge in [0.1, 0.15) is 5.82 Å². The van der Waals surface area contributed by atoms with Crippen LogP contribution in [0.5, 0.6) is 0 Å². The van der Waals surface area contributed by atoms with Gasteiger partial charge in [-0.15, -0.1) is 11.3 Å². The monoisotopic (exact) mass is 464 g/mol. The van der Waals surface area contributed by atoms with Gasteiger partial charge in [-0.25, -0.2) is 17.8 Å². The molecular weight excluding hydrogens is 439 g/mol. The summed E-state index contributed by atoms with van der Waals surface area (Å²) in [6.45, 7) is 1.10. The van der Waals surface area contributed by atoms with Crippen LogP contribution in [-0.4, -0.2) is 38.4 Å². The normalized spacial score (nSPS) is 16.6. The van der Waals surface area contributed by atoms with E-state index in [4.69, 9.17) is 0 Å². The van der Waals surface area contributed by atoms with Gasteiger partial charge in [0.05, 0.1) is 10.9 Å². The van der Waals surface area contributed by atoms with Crippen molar-refractivity contribution < 1.29 is 20.5 Å². The molecule has 0 radical (unpaired) electrons. The summed E-state index contributed by atoms with van der Waals surface area (Å²) in [5.74, 6) is -0.330. The fourth-order valence-corrected chi connectivity index (χ4v) is 5.25. The third-order valence-corrected chi connectivity index (χ3v) is 7.18. The highest BCUT2D eigenvalue weighted by Gasteiger charge is 2.32. The Morgan fingerprint density at radius 1 is 1.23 bits per heavy atom. The second kappa shape index (κ2) is 9.13. The minimum Gasteiger partial charge on any atom is -0.311 e. The molecule has 10 heteroatoms. The Morgan fingerprint density at radius 2 is 2.03 bits per heavy atom. The van der Waals surface area contributed by atoms with Crippen LogP contribution in [0.1, 0.15) is 14.8 Å². The molecule has 2 aromatic carbocycles. The lowest BCUT2D eigenvalue weighted by Gasteiger charge is -2.18. The van der Waals surface area contributed by atoms with Crippen LogP contribution in [0.25, 0.3) is 0 Å². The van der Waals surface area contributed by atoms with E-state index in [-0.39, 0.29) is 25.5 Å². The lowest BCUT2D eigenvalue weighted by atomic mass is 10.1. The van der Waals surface area contributed by atoms with Crippen molar-refractivity contribution in [1.82, 2.24) is 10.3 Å². The number of nitrogens with zero attached hydrogens (tertiary/aromatic N) is 2. The van der Waals surface area contributed by atoms with E-state index in [1.54, 1.807) is 28.5 Å². The van der Waals surface area contributed by atoms with E-state index in [1.165, 1.54) is 41.8 Å². The topological polar surface area (TPSA) is 91.4 Å². The number of aromatic nitrogens is 1. The van der Waals surface area contributed by atoms with Gasteiger partial charge in [0.15, 0.2) is 5.13 Å². The molecule has 0 bridgehead atoms. The molecule has 0 unspecified atom stereocenters. The van der Waals surface area contributed by atoms with Crippen molar-refractivity contribution in [3.8, 4) is 0 Å². The third kappa shape index (κ3) is 5.09. The summed E-state index contributed by atoms with van der Waals surface area (Å²) in [5, 5.41) is 5.21. The molecular formula is C21H25FN4O3S2. The van der Waals surface area contributed by atoms with Crippen molar-refractivity contribution in [3.05, 3.63) is 71.5 Å². The van der Waals surface area contributed by atoms with Crippen LogP contribution in [-0.2, 0) is 21.2 Å². The molecule has 7 nitrogen and oxygen atoms in total. The number of anilines is 2. The molecule has 31 heavy (non-hydrogen) atoms. The van der Waals surface area contributed by atoms with Gasteiger partial charge in [-0.2, -0.15) is 0 Å². The number of benzene rings is 2. The van der Waals surface area contributed by atoms with E-state index in [0.29, 0.717) is 36.8 Å². The van der Waals surface area contributed by atoms with E-state index in [1.807, 2.05) is 6.07 Å². The predicted molar refractivity (Wildman–Crippen MR) is 122 cm³/mol. The fourth-order valence-electron chi connectivity index (χ4n) is 3.46. The highest BCUT2D eigenvalue weighted by atomic mass is 32.2. The number of nitrogens with one attached hydrogen (secondary N) is 2. The Labute approximate surface area is 187 Å². The number of hydrogen-bond donors (Lipinski definition) is 2. The first-order chi connectivity index (χ1) is 14.9. The Kier molecular flexibility index (Phi) is 6.30. The molecule has 0 spiro atoms. The molecule has 1 aliphatic rings. The Bertz CT molecular complexity index is 1160. The first kappa shape index (κ1) is 21.4. The summed E-state index contributed by atoms with van der Waals surface area (Å²) in [5.41, 5.74) is 1.52. The number of thiazole rings is 1. The van der Waals surface area contributed by atoms with E-state index in [0.717, 1.165) is 5.56 Å². The molecule has 1 aliphatic heterocycles. The van der Waals surface area contributed by atoms with Crippen LogP contribution in [0, 0.1) is 5.82 Å². The maximum Gasteiger partial charge on any atom is 0.263 e. The van der Waals surface area contributed by atoms with Crippen molar-refractivity contribution in [2.75, 3.05) is 22.7 Å². The van der Waals surface area contributed by atoms with Crippen molar-refractivity contribution in [1.29, 1.82) is 0 Å². The molecule has 1 atom stereocenters. The zero-order valence-electron chi connectivity index (χ0n) is 16.5. The zero-order chi connectivity index (χ0) is 21.8. The fraction of sp³-hybridized carbons (Fsp3) is 0.238. The van der Waals surface area contributed by atoms with Crippen molar-refractivity contribution in [2.24, 2.45) is 0 Å². The smallest absolute Gasteiger partial charge is 0.263 e. The molecule has 1 fully saturated rings. The lowest BCUT2D eigenvalue weighted by Crippen LogP contribution is -2.39. The average Bonchev–Trinajstić information content (AvgIpc) is 3.38. The van der Waals surface area contributed by atoms with Gasteiger partial charge in [0, 0.05) is 26.7 Å². The number of carbonyl (C=O) groups is 1. The standard InChI is InChI=1S/C21H21FN4O3S2.2H2/c22-16-3-1-2-15(14-16)8-10-23-19-9-12-26(20(19)27)17-4-6-18(7-5-17)31(28,29)25-21-24-11-13-30-21;;/h1-7,11,13-14,19,23H,8-10,12H2,(H,24,25);2*1H/t19-;;/m0../s1. The van der Waals surface area contributed by atoms with E-state index in [2.05, 4.69) is 15.0 Å². The highest BCUT2D eigenvalue weighted by Crippen LogP contribution is 2.25. The van der Waals surface area contributed by atoms with Crippen LogP contribution >= 0.6 is 11.3 Å². The Balaban J connectivity index is 0.00000193. The number of carbonyl (C=O) groups excluding carboxylic acids is 1. The van der Waals surface area contributed by atoms with Crippen molar-refractivity contribution >= 4 is 38.1 Å². The second-order valence-corrected chi connectivity index (χ2v) is 9.68. The van der Waals surface area contributed by atoms with E-state index in [9.17, 15) is 17.6 Å². The summed E-state index contributed by atoms with van der Waals surface area (Å²) in [6, 6.07) is 12.3. The summed E-state index contributed by atoms with van der Waals surface area (Å²) in [4.78, 5) is 18.4. The molecule has 166 valence electrons. The minimum atomic E-state index is -3.73. The number of amides is 1. The average molecular weight is 465 g/mol. The Morgan fingerprint density at radius 3 is 2.74 bits per heavy atom. The molecule has 1 saturated heterocycles. The maximum atomic E-state index is 13.3. The quantitative estimate of drug-likeness (QED) is 0.532. The first-order valence-corrected chi connectivity index (χ1v) is 12.1. The SMILES string of the molecule is O=C1[C@@H](NCCc2cccc(F)c2)CCN1c1ccc(S(=O)(=O)Nc2nccs2)cc1.[HH].[HH]. The van der Waals surface area contributed by atoms with Gasteiger partial charge < -0.3 is 10.2 Å². The van der Waals surface area contributed by atoms with Crippen molar-refractivity contribution in [2.45, 2.75) is 23.8 Å². The first-order valence-electron chi connectivity index (χ1n) is 9.74. The highest BCUT2D eigenvalue weighted by molar-refractivity contribution is 7.93. The minimum absolute atomic E-state index is 0. The largest absolute Gasteiger partial charge is 0.311 e. The van der Waals surface area contributed by atoms with Gasteiger partial charge in [0.25, 0.3) is 10.0 Å². The molecule has 0 aliphatic carbocycles. The van der Waals surface area contributed by atoms with Crippen molar-refractivity contribution in [3.63, 3.8) is 0 Å². The predicted octanol–water partition coefficient (Wildman–Crippen LogP) is 3.51. The van der Waals surface area contributed by atoms with Gasteiger partial charge >= 0.3 is 0 Å². The second-order valence-electron chi connectivity index (χ2n) is 7.10. The number of halogens is 1. The maximum absolute atomic E-state index is 13.3. The van der Waals surface area contributed by atoms with Crippen LogP contribution in [0.2, 0.25) is 0 Å². The van der Waals surface area contributed by atoms with Crippen LogP contribution in [0.4, 0.5) is 15.2 Å². The third-order valence-electron chi connectivity index (χ3n) is 5.01. The molecule has 1 aromatic heterocycles. The molecule has 4 rings (SSSR count). The van der Waals surface area contributed by atoms with Gasteiger partial charge in [-0.3, -0.25) is 9.52 Å². The number of sulfonamides is 1. The van der Waals surface area contributed by atoms with E-state index < -0.39 is 10.0 Å². The van der Waals surface area contributed by atoms with Gasteiger partial charge in [-0.05, 0) is 61.3 Å². The summed E-state index contributed by atoms with van der Waals surface area (Å²) >= 11 is 1.19. The van der Waals surface area contributed by atoms with Gasteiger partial charge in [-0.1, -0.05) is 12.1 Å². The van der Waals surface area contributed by atoms with Gasteiger partial charge in [0.2, 0.25) is 5.91 Å². The number of hydrogen-bond acceptors (Lipinski definition) is 6. The Hall–Kier alpha value is -2.82. The lowest BCUT2D eigenvalue weighted by molar-refractivity contribution is -0.118. The zero-order valence-corrected chi connectivity index (χ0v) is 18.1. The molecule has 3 aromatic rings. The molecule has 2 heterocycles. The number of rotatable bonds is 8. The summed E-state index contributed by atoms with van der Waals surface area (Å²) in [7, 11) is -3.73. The molecule has 0 saturated carbocycles. The van der Waals surface area contributed by atoms with E-state index >= 15 is 0 Å². The molecule has 2 N–H and O–H groups in total. The summed E-state index contributed by atoms with van der Waals surface area (Å²) in [6.07, 6.45) is 2.79. The van der Waals surface area contributed by atoms with Crippen LogP contribution in [0.15, 0.2) is 65.0 Å². The van der Waals surface area contributed by atoms with Crippen LogP contribution in [0.3, 0.4) is 0 Å².